The third kappa shape index (κ3) is 7.50. The van der Waals surface area contributed by atoms with Crippen molar-refractivity contribution in [1.29, 1.82) is 5.26 Å². The number of carbonyl (C=O) groups is 2. The molecule has 2 aliphatic rings. The van der Waals surface area contributed by atoms with E-state index in [0.29, 0.717) is 31.7 Å². The van der Waals surface area contributed by atoms with Crippen molar-refractivity contribution in [2.24, 2.45) is 5.92 Å². The number of methoxy groups -OCH3 is 1. The molecule has 198 valence electrons. The first kappa shape index (κ1) is 27.6. The van der Waals surface area contributed by atoms with Crippen molar-refractivity contribution in [3.05, 3.63) is 23.9 Å². The molecule has 2 amide bonds. The number of nitrogens with one attached hydrogen (secondary N) is 3. The predicted molar refractivity (Wildman–Crippen MR) is 121 cm³/mol. The standard InChI is InChI=1S/C22H30F3N7O4/c1-35-13-16(29-17-12-28-30-21(34)20(17)22(23,24)25)14-36-9-4-19(33)32-7-5-31(6-8-32)18-3-2-15(10-26)11-27-18/h2-3,11,16-17,20,28-29H,4-9,12-14H2,1H3,(H,30,34)/t16-,17?,20?/m0/s1. The van der Waals surface area contributed by atoms with Crippen molar-refractivity contribution < 1.29 is 32.2 Å². The molecule has 0 aliphatic carbocycles. The maximum absolute atomic E-state index is 13.4. The SMILES string of the molecule is COC[C@@H](COCCC(=O)N1CCN(c2ccc(C#N)cn2)CC1)NC1CNNC(=O)C1C(F)(F)F. The van der Waals surface area contributed by atoms with Crippen LogP contribution in [0.1, 0.15) is 12.0 Å². The van der Waals surface area contributed by atoms with E-state index in [1.54, 1.807) is 17.0 Å². The monoisotopic (exact) mass is 513 g/mol. The molecule has 2 fully saturated rings. The Hall–Kier alpha value is -2.99. The molecule has 0 bridgehead atoms. The molecule has 3 rings (SSSR count). The number of nitriles is 1. The minimum Gasteiger partial charge on any atom is -0.383 e. The summed E-state index contributed by atoms with van der Waals surface area (Å²) in [6.45, 7) is 2.32. The fraction of sp³-hybridized carbons (Fsp3) is 0.636. The van der Waals surface area contributed by atoms with Crippen LogP contribution in [0.3, 0.4) is 0 Å². The van der Waals surface area contributed by atoms with Gasteiger partial charge in [0.15, 0.2) is 5.92 Å². The van der Waals surface area contributed by atoms with Gasteiger partial charge in [0.25, 0.3) is 0 Å². The van der Waals surface area contributed by atoms with Crippen molar-refractivity contribution in [1.82, 2.24) is 26.1 Å². The lowest BCUT2D eigenvalue weighted by atomic mass is 9.96. The second kappa shape index (κ2) is 12.8. The van der Waals surface area contributed by atoms with E-state index in [1.807, 2.05) is 16.4 Å². The van der Waals surface area contributed by atoms with Crippen LogP contribution in [0.15, 0.2) is 18.3 Å². The van der Waals surface area contributed by atoms with E-state index in [0.717, 1.165) is 5.82 Å². The molecule has 0 spiro atoms. The lowest BCUT2D eigenvalue weighted by Gasteiger charge is -2.36. The van der Waals surface area contributed by atoms with Crippen LogP contribution < -0.4 is 21.1 Å². The Morgan fingerprint density at radius 3 is 2.67 bits per heavy atom. The molecular formula is C22H30F3N7O4. The Labute approximate surface area is 206 Å². The van der Waals surface area contributed by atoms with Crippen LogP contribution in [0.25, 0.3) is 0 Å². The van der Waals surface area contributed by atoms with Gasteiger partial charge in [0.05, 0.1) is 37.8 Å². The van der Waals surface area contributed by atoms with E-state index in [1.165, 1.54) is 13.3 Å². The Balaban J connectivity index is 1.41. The Bertz CT molecular complexity index is 918. The summed E-state index contributed by atoms with van der Waals surface area (Å²) in [6, 6.07) is 3.72. The number of piperazine rings is 1. The molecule has 36 heavy (non-hydrogen) atoms. The quantitative estimate of drug-likeness (QED) is 0.364. The van der Waals surface area contributed by atoms with E-state index in [2.05, 4.69) is 15.7 Å². The van der Waals surface area contributed by atoms with Crippen molar-refractivity contribution >= 4 is 17.6 Å². The lowest BCUT2D eigenvalue weighted by molar-refractivity contribution is -0.193. The van der Waals surface area contributed by atoms with E-state index in [9.17, 15) is 22.8 Å². The van der Waals surface area contributed by atoms with Crippen molar-refractivity contribution in [2.45, 2.75) is 24.7 Å². The number of aromatic nitrogens is 1. The molecule has 2 unspecified atom stereocenters. The highest BCUT2D eigenvalue weighted by Crippen LogP contribution is 2.30. The summed E-state index contributed by atoms with van der Waals surface area (Å²) in [5.41, 5.74) is 4.95. The number of halogens is 3. The Morgan fingerprint density at radius 2 is 2.06 bits per heavy atom. The Morgan fingerprint density at radius 1 is 1.31 bits per heavy atom. The second-order valence-corrected chi connectivity index (χ2v) is 8.52. The van der Waals surface area contributed by atoms with Crippen LogP contribution in [-0.4, -0.2) is 99.6 Å². The number of hydrazine groups is 1. The average Bonchev–Trinajstić information content (AvgIpc) is 2.86. The average molecular weight is 514 g/mol. The third-order valence-electron chi connectivity index (χ3n) is 6.00. The number of pyridine rings is 1. The van der Waals surface area contributed by atoms with Crippen LogP contribution >= 0.6 is 0 Å². The summed E-state index contributed by atoms with van der Waals surface area (Å²) in [5.74, 6) is -2.68. The first-order valence-corrected chi connectivity index (χ1v) is 11.5. The number of hydrogen-bond donors (Lipinski definition) is 3. The fourth-order valence-corrected chi connectivity index (χ4v) is 4.17. The van der Waals surface area contributed by atoms with Crippen LogP contribution in [0, 0.1) is 17.2 Å². The van der Waals surface area contributed by atoms with Gasteiger partial charge < -0.3 is 24.6 Å². The molecule has 3 N–H and O–H groups in total. The van der Waals surface area contributed by atoms with Gasteiger partial charge in [-0.25, -0.2) is 10.4 Å². The molecule has 3 heterocycles. The molecule has 11 nitrogen and oxygen atoms in total. The van der Waals surface area contributed by atoms with Gasteiger partial charge in [-0.05, 0) is 12.1 Å². The van der Waals surface area contributed by atoms with Gasteiger partial charge in [0, 0.05) is 52.1 Å². The van der Waals surface area contributed by atoms with Gasteiger partial charge in [-0.1, -0.05) is 0 Å². The zero-order chi connectivity index (χ0) is 26.1. The highest BCUT2D eigenvalue weighted by Gasteiger charge is 2.51. The molecule has 2 aliphatic heterocycles. The Kier molecular flexibility index (Phi) is 9.82. The second-order valence-electron chi connectivity index (χ2n) is 8.52. The predicted octanol–water partition coefficient (Wildman–Crippen LogP) is -0.205. The number of ether oxygens (including phenoxy) is 2. The van der Waals surface area contributed by atoms with Crippen molar-refractivity contribution in [2.75, 3.05) is 64.6 Å². The first-order chi connectivity index (χ1) is 17.2. The van der Waals surface area contributed by atoms with E-state index in [-0.39, 0.29) is 38.7 Å². The van der Waals surface area contributed by atoms with Gasteiger partial charge in [-0.3, -0.25) is 15.0 Å². The molecule has 0 radical (unpaired) electrons. The first-order valence-electron chi connectivity index (χ1n) is 11.5. The summed E-state index contributed by atoms with van der Waals surface area (Å²) in [5, 5.41) is 11.7. The zero-order valence-electron chi connectivity index (χ0n) is 19.9. The third-order valence-corrected chi connectivity index (χ3v) is 6.00. The molecule has 2 saturated heterocycles. The van der Waals surface area contributed by atoms with Crippen LogP contribution in [0.5, 0.6) is 0 Å². The fourth-order valence-electron chi connectivity index (χ4n) is 4.17. The number of amides is 2. The van der Waals surface area contributed by atoms with Crippen molar-refractivity contribution in [3.8, 4) is 6.07 Å². The van der Waals surface area contributed by atoms with Gasteiger partial charge in [0.1, 0.15) is 11.9 Å². The zero-order valence-corrected chi connectivity index (χ0v) is 19.9. The molecule has 14 heteroatoms. The molecule has 1 aromatic heterocycles. The number of nitrogens with zero attached hydrogens (tertiary/aromatic N) is 4. The maximum atomic E-state index is 13.4. The van der Waals surface area contributed by atoms with Gasteiger partial charge in [-0.15, -0.1) is 0 Å². The number of rotatable bonds is 10. The highest BCUT2D eigenvalue weighted by atomic mass is 19.4. The summed E-state index contributed by atoms with van der Waals surface area (Å²) in [6.07, 6.45) is -3.05. The number of alkyl halides is 3. The van der Waals surface area contributed by atoms with Crippen LogP contribution in [-0.2, 0) is 19.1 Å². The highest BCUT2D eigenvalue weighted by molar-refractivity contribution is 5.80. The van der Waals surface area contributed by atoms with Crippen LogP contribution in [0.2, 0.25) is 0 Å². The number of anilines is 1. The minimum atomic E-state index is -4.70. The summed E-state index contributed by atoms with van der Waals surface area (Å²) >= 11 is 0. The van der Waals surface area contributed by atoms with E-state index >= 15 is 0 Å². The van der Waals surface area contributed by atoms with Crippen molar-refractivity contribution in [3.63, 3.8) is 0 Å². The molecule has 0 aromatic carbocycles. The largest absolute Gasteiger partial charge is 0.402 e. The molecule has 3 atom stereocenters. The van der Waals surface area contributed by atoms with E-state index in [4.69, 9.17) is 14.7 Å². The summed E-state index contributed by atoms with van der Waals surface area (Å²) in [4.78, 5) is 32.4. The van der Waals surface area contributed by atoms with Crippen LogP contribution in [0.4, 0.5) is 19.0 Å². The lowest BCUT2D eigenvalue weighted by Crippen LogP contribution is -2.65. The smallest absolute Gasteiger partial charge is 0.383 e. The van der Waals surface area contributed by atoms with Gasteiger partial charge in [-0.2, -0.15) is 18.4 Å². The molecule has 1 aromatic rings. The molecular weight excluding hydrogens is 483 g/mol. The maximum Gasteiger partial charge on any atom is 0.402 e. The topological polar surface area (TPSA) is 132 Å². The normalized spacial score (nSPS) is 21.6. The van der Waals surface area contributed by atoms with E-state index < -0.39 is 30.1 Å². The minimum absolute atomic E-state index is 0.0158. The number of carbonyl (C=O) groups excluding carboxylic acids is 2. The molecule has 0 saturated carbocycles. The summed E-state index contributed by atoms with van der Waals surface area (Å²) < 4.78 is 50.7. The van der Waals surface area contributed by atoms with Gasteiger partial charge in [0.2, 0.25) is 11.8 Å². The number of hydrogen-bond acceptors (Lipinski definition) is 9. The van der Waals surface area contributed by atoms with Gasteiger partial charge >= 0.3 is 6.18 Å². The summed E-state index contributed by atoms with van der Waals surface area (Å²) in [7, 11) is 1.42.